The highest BCUT2D eigenvalue weighted by molar-refractivity contribution is 9.11. The standard InChI is InChI=1S/C14H9Br3F3NO2.ClH/c15-8-5-9(16)13(22)11(17)10(8)12(21)6-1-3-7(4-2-6)23-14(18,19)20;/h1-5,12,22H,21H2;1H/t12-;/m0./s1. The first-order valence-electron chi connectivity index (χ1n) is 6.08. The van der Waals surface area contributed by atoms with Crippen molar-refractivity contribution in [3.63, 3.8) is 0 Å². The van der Waals surface area contributed by atoms with Gasteiger partial charge in [0.2, 0.25) is 0 Å². The predicted octanol–water partition coefficient (Wildman–Crippen LogP) is 6.05. The summed E-state index contributed by atoms with van der Waals surface area (Å²) in [6.45, 7) is 0. The monoisotopic (exact) mass is 553 g/mol. The van der Waals surface area contributed by atoms with E-state index in [-0.39, 0.29) is 23.9 Å². The minimum atomic E-state index is -4.74. The summed E-state index contributed by atoms with van der Waals surface area (Å²) in [6.07, 6.45) is -4.74. The molecule has 0 bridgehead atoms. The van der Waals surface area contributed by atoms with Crippen LogP contribution in [0.25, 0.3) is 0 Å². The molecule has 0 spiro atoms. The normalized spacial score (nSPS) is 12.5. The molecular formula is C14H10Br3ClF3NO2. The molecule has 0 saturated heterocycles. The fourth-order valence-corrected chi connectivity index (χ4v) is 4.54. The average Bonchev–Trinajstić information content (AvgIpc) is 2.44. The van der Waals surface area contributed by atoms with Crippen molar-refractivity contribution in [2.75, 3.05) is 0 Å². The summed E-state index contributed by atoms with van der Waals surface area (Å²) in [4.78, 5) is 0. The Hall–Kier alpha value is -0.480. The van der Waals surface area contributed by atoms with Gasteiger partial charge in [-0.1, -0.05) is 28.1 Å². The van der Waals surface area contributed by atoms with Crippen LogP contribution in [0.5, 0.6) is 11.5 Å². The second-order valence-corrected chi connectivity index (χ2v) is 7.01. The van der Waals surface area contributed by atoms with Gasteiger partial charge in [0.1, 0.15) is 11.5 Å². The number of halogens is 7. The van der Waals surface area contributed by atoms with Gasteiger partial charge in [0.25, 0.3) is 0 Å². The van der Waals surface area contributed by atoms with E-state index in [0.29, 0.717) is 24.5 Å². The molecule has 0 unspecified atom stereocenters. The van der Waals surface area contributed by atoms with E-state index in [0.717, 1.165) is 0 Å². The topological polar surface area (TPSA) is 55.5 Å². The van der Waals surface area contributed by atoms with Crippen LogP contribution >= 0.6 is 60.2 Å². The maximum Gasteiger partial charge on any atom is 0.573 e. The van der Waals surface area contributed by atoms with Crippen molar-refractivity contribution in [1.82, 2.24) is 0 Å². The number of alkyl halides is 3. The molecule has 0 heterocycles. The molecule has 0 aliphatic heterocycles. The number of nitrogens with two attached hydrogens (primary N) is 1. The quantitative estimate of drug-likeness (QED) is 0.485. The van der Waals surface area contributed by atoms with Crippen molar-refractivity contribution < 1.29 is 23.0 Å². The van der Waals surface area contributed by atoms with Gasteiger partial charge in [-0.15, -0.1) is 25.6 Å². The number of rotatable bonds is 3. The molecule has 2 aromatic carbocycles. The summed E-state index contributed by atoms with van der Waals surface area (Å²) in [7, 11) is 0. The van der Waals surface area contributed by atoms with Gasteiger partial charge in [0, 0.05) is 10.0 Å². The molecule has 3 N–H and O–H groups in total. The lowest BCUT2D eigenvalue weighted by molar-refractivity contribution is -0.274. The summed E-state index contributed by atoms with van der Waals surface area (Å²) in [5, 5.41) is 9.96. The van der Waals surface area contributed by atoms with Gasteiger partial charge in [-0.2, -0.15) is 0 Å². The van der Waals surface area contributed by atoms with Gasteiger partial charge >= 0.3 is 6.36 Å². The molecule has 0 aromatic heterocycles. The van der Waals surface area contributed by atoms with Gasteiger partial charge in [0.15, 0.2) is 0 Å². The van der Waals surface area contributed by atoms with Crippen LogP contribution in [0.2, 0.25) is 0 Å². The number of hydrogen-bond donors (Lipinski definition) is 2. The third-order valence-electron chi connectivity index (χ3n) is 2.97. The molecular weight excluding hydrogens is 546 g/mol. The maximum absolute atomic E-state index is 12.2. The SMILES string of the molecule is Cl.N[C@@H](c1ccc(OC(F)(F)F)cc1)c1c(Br)cc(Br)c(O)c1Br. The Morgan fingerprint density at radius 1 is 1.04 bits per heavy atom. The van der Waals surface area contributed by atoms with E-state index in [9.17, 15) is 18.3 Å². The molecule has 3 nitrogen and oxygen atoms in total. The van der Waals surface area contributed by atoms with E-state index in [1.807, 2.05) is 0 Å². The van der Waals surface area contributed by atoms with Crippen LogP contribution < -0.4 is 10.5 Å². The minimum absolute atomic E-state index is 0. The average molecular weight is 556 g/mol. The molecule has 132 valence electrons. The van der Waals surface area contributed by atoms with Gasteiger partial charge in [-0.25, -0.2) is 0 Å². The van der Waals surface area contributed by atoms with Crippen molar-refractivity contribution >= 4 is 60.2 Å². The zero-order chi connectivity index (χ0) is 17.4. The fraction of sp³-hybridized carbons (Fsp3) is 0.143. The van der Waals surface area contributed by atoms with E-state index in [4.69, 9.17) is 5.73 Å². The van der Waals surface area contributed by atoms with Crippen molar-refractivity contribution in [2.45, 2.75) is 12.4 Å². The van der Waals surface area contributed by atoms with Crippen molar-refractivity contribution in [2.24, 2.45) is 5.73 Å². The highest BCUT2D eigenvalue weighted by atomic mass is 79.9. The van der Waals surface area contributed by atoms with Gasteiger partial charge < -0.3 is 15.6 Å². The van der Waals surface area contributed by atoms with Crippen LogP contribution in [0.3, 0.4) is 0 Å². The lowest BCUT2D eigenvalue weighted by Gasteiger charge is -2.18. The molecule has 2 rings (SSSR count). The number of benzene rings is 2. The second-order valence-electron chi connectivity index (χ2n) is 4.51. The Morgan fingerprint density at radius 3 is 2.08 bits per heavy atom. The number of phenolic OH excluding ortho intramolecular Hbond substituents is 1. The number of phenols is 1. The Labute approximate surface area is 167 Å². The van der Waals surface area contributed by atoms with Crippen molar-refractivity contribution in [1.29, 1.82) is 0 Å². The first-order valence-corrected chi connectivity index (χ1v) is 8.45. The lowest BCUT2D eigenvalue weighted by Crippen LogP contribution is -2.17. The van der Waals surface area contributed by atoms with E-state index < -0.39 is 12.4 Å². The molecule has 0 fully saturated rings. The van der Waals surface area contributed by atoms with Gasteiger partial charge in [-0.05, 0) is 55.6 Å². The van der Waals surface area contributed by atoms with Crippen LogP contribution in [0.1, 0.15) is 17.2 Å². The van der Waals surface area contributed by atoms with Crippen LogP contribution in [-0.4, -0.2) is 11.5 Å². The van der Waals surface area contributed by atoms with E-state index >= 15 is 0 Å². The maximum atomic E-state index is 12.2. The third kappa shape index (κ3) is 5.01. The summed E-state index contributed by atoms with van der Waals surface area (Å²) in [5.41, 5.74) is 7.29. The fourth-order valence-electron chi connectivity index (χ4n) is 1.92. The Balaban J connectivity index is 0.00000288. The molecule has 0 saturated carbocycles. The minimum Gasteiger partial charge on any atom is -0.506 e. The Morgan fingerprint density at radius 2 is 1.58 bits per heavy atom. The first-order chi connectivity index (χ1) is 10.6. The van der Waals surface area contributed by atoms with E-state index in [2.05, 4.69) is 52.5 Å². The lowest BCUT2D eigenvalue weighted by atomic mass is 9.99. The van der Waals surface area contributed by atoms with Crippen LogP contribution in [0.4, 0.5) is 13.2 Å². The smallest absolute Gasteiger partial charge is 0.506 e. The number of hydrogen-bond acceptors (Lipinski definition) is 3. The van der Waals surface area contributed by atoms with E-state index in [1.165, 1.54) is 24.3 Å². The summed E-state index contributed by atoms with van der Waals surface area (Å²) in [6, 6.07) is 6.20. The molecule has 0 aliphatic rings. The molecule has 10 heteroatoms. The molecule has 2 aromatic rings. The first kappa shape index (κ1) is 21.6. The molecule has 24 heavy (non-hydrogen) atoms. The van der Waals surface area contributed by atoms with Gasteiger partial charge in [0.05, 0.1) is 15.0 Å². The Kier molecular flexibility index (Phi) is 7.43. The van der Waals surface area contributed by atoms with E-state index in [1.54, 1.807) is 6.07 Å². The molecule has 0 radical (unpaired) electrons. The molecule has 1 atom stereocenters. The summed E-state index contributed by atoms with van der Waals surface area (Å²) in [5.74, 6) is -0.346. The Bertz CT molecular complexity index is 727. The molecule has 0 aliphatic carbocycles. The largest absolute Gasteiger partial charge is 0.573 e. The van der Waals surface area contributed by atoms with Crippen molar-refractivity contribution in [3.8, 4) is 11.5 Å². The summed E-state index contributed by atoms with van der Waals surface area (Å²) >= 11 is 9.83. The van der Waals surface area contributed by atoms with Crippen LogP contribution in [0.15, 0.2) is 43.7 Å². The van der Waals surface area contributed by atoms with Gasteiger partial charge in [-0.3, -0.25) is 0 Å². The molecule has 0 amide bonds. The second kappa shape index (κ2) is 8.27. The number of ether oxygens (including phenoxy) is 1. The predicted molar refractivity (Wildman–Crippen MR) is 97.6 cm³/mol. The van der Waals surface area contributed by atoms with Crippen molar-refractivity contribution in [3.05, 3.63) is 54.9 Å². The summed E-state index contributed by atoms with van der Waals surface area (Å²) < 4.78 is 41.8. The third-order valence-corrected chi connectivity index (χ3v) is 5.03. The highest BCUT2D eigenvalue weighted by Crippen LogP contribution is 2.43. The number of aromatic hydroxyl groups is 1. The zero-order valence-corrected chi connectivity index (χ0v) is 17.1. The van der Waals surface area contributed by atoms with Crippen LogP contribution in [0, 0.1) is 0 Å². The zero-order valence-electron chi connectivity index (χ0n) is 11.6. The van der Waals surface area contributed by atoms with Crippen LogP contribution in [-0.2, 0) is 0 Å². The highest BCUT2D eigenvalue weighted by Gasteiger charge is 2.31.